The lowest BCUT2D eigenvalue weighted by molar-refractivity contribution is 0.141. The van der Waals surface area contributed by atoms with E-state index in [0.29, 0.717) is 12.1 Å². The van der Waals surface area contributed by atoms with Crippen LogP contribution in [-0.4, -0.2) is 28.8 Å². The van der Waals surface area contributed by atoms with Crippen molar-refractivity contribution < 1.29 is 4.74 Å². The summed E-state index contributed by atoms with van der Waals surface area (Å²) in [5.74, 6) is 1.01. The molecule has 0 saturated heterocycles. The first-order chi connectivity index (χ1) is 8.70. The Bertz CT molecular complexity index is 369. The molecule has 1 atom stereocenters. The Balaban J connectivity index is 2.02. The van der Waals surface area contributed by atoms with Crippen molar-refractivity contribution >= 4 is 5.95 Å². The molecule has 1 aromatic heterocycles. The highest BCUT2D eigenvalue weighted by Crippen LogP contribution is 2.32. The number of hydrogen-bond acceptors (Lipinski definition) is 3. The van der Waals surface area contributed by atoms with Gasteiger partial charge < -0.3 is 14.6 Å². The van der Waals surface area contributed by atoms with Crippen LogP contribution >= 0.6 is 0 Å². The van der Waals surface area contributed by atoms with Crippen molar-refractivity contribution in [2.75, 3.05) is 18.5 Å². The lowest BCUT2D eigenvalue weighted by Gasteiger charge is -2.19. The molecule has 1 aliphatic rings. The van der Waals surface area contributed by atoms with Crippen LogP contribution in [0.2, 0.25) is 0 Å². The van der Waals surface area contributed by atoms with Crippen molar-refractivity contribution in [3.8, 4) is 0 Å². The molecule has 4 heteroatoms. The maximum absolute atomic E-state index is 5.44. The molecule has 0 amide bonds. The predicted octanol–water partition coefficient (Wildman–Crippen LogP) is 3.14. The quantitative estimate of drug-likeness (QED) is 0.844. The Labute approximate surface area is 110 Å². The number of nitrogens with one attached hydrogen (secondary N) is 1. The third-order valence-corrected chi connectivity index (χ3v) is 3.52. The smallest absolute Gasteiger partial charge is 0.203 e. The van der Waals surface area contributed by atoms with Gasteiger partial charge in [0, 0.05) is 24.9 Å². The van der Waals surface area contributed by atoms with Gasteiger partial charge in [-0.1, -0.05) is 12.8 Å². The van der Waals surface area contributed by atoms with Gasteiger partial charge in [0.2, 0.25) is 5.95 Å². The molecule has 0 aliphatic heterocycles. The van der Waals surface area contributed by atoms with Crippen molar-refractivity contribution in [1.29, 1.82) is 0 Å². The monoisotopic (exact) mass is 251 g/mol. The summed E-state index contributed by atoms with van der Waals surface area (Å²) in [7, 11) is 0. The lowest BCUT2D eigenvalue weighted by Crippen LogP contribution is -2.24. The van der Waals surface area contributed by atoms with Crippen LogP contribution in [-0.2, 0) is 4.74 Å². The van der Waals surface area contributed by atoms with Gasteiger partial charge in [-0.3, -0.25) is 0 Å². The van der Waals surface area contributed by atoms with E-state index in [1.165, 1.54) is 25.7 Å². The molecule has 1 aliphatic carbocycles. The van der Waals surface area contributed by atoms with Crippen LogP contribution in [0, 0.1) is 6.92 Å². The third kappa shape index (κ3) is 3.25. The summed E-state index contributed by atoms with van der Waals surface area (Å²) >= 11 is 0. The standard InChI is InChI=1S/C14H25N3O/c1-4-18-10-12(3)16-14-15-11(2)9-17(14)13-7-5-6-8-13/h9,12-13H,4-8,10H2,1-3H3,(H,15,16). The van der Waals surface area contributed by atoms with Crippen molar-refractivity contribution in [2.45, 2.75) is 58.5 Å². The largest absolute Gasteiger partial charge is 0.380 e. The molecule has 102 valence electrons. The Morgan fingerprint density at radius 3 is 2.89 bits per heavy atom. The molecule has 2 rings (SSSR count). The van der Waals surface area contributed by atoms with Crippen LogP contribution in [0.15, 0.2) is 6.20 Å². The second kappa shape index (κ2) is 6.23. The van der Waals surface area contributed by atoms with Gasteiger partial charge in [-0.25, -0.2) is 4.98 Å². The van der Waals surface area contributed by atoms with E-state index in [0.717, 1.165) is 24.9 Å². The summed E-state index contributed by atoms with van der Waals surface area (Å²) in [6.07, 6.45) is 7.42. The van der Waals surface area contributed by atoms with Crippen molar-refractivity contribution in [3.05, 3.63) is 11.9 Å². The fourth-order valence-electron chi connectivity index (χ4n) is 2.64. The molecule has 0 bridgehead atoms. The van der Waals surface area contributed by atoms with Crippen LogP contribution in [0.25, 0.3) is 0 Å². The van der Waals surface area contributed by atoms with E-state index in [4.69, 9.17) is 4.74 Å². The molecular formula is C14H25N3O. The van der Waals surface area contributed by atoms with Crippen LogP contribution < -0.4 is 5.32 Å². The number of aryl methyl sites for hydroxylation is 1. The van der Waals surface area contributed by atoms with E-state index in [2.05, 4.69) is 34.9 Å². The molecule has 1 saturated carbocycles. The first-order valence-corrected chi connectivity index (χ1v) is 7.10. The van der Waals surface area contributed by atoms with Gasteiger partial charge >= 0.3 is 0 Å². The fraction of sp³-hybridized carbons (Fsp3) is 0.786. The van der Waals surface area contributed by atoms with Crippen molar-refractivity contribution in [1.82, 2.24) is 9.55 Å². The summed E-state index contributed by atoms with van der Waals surface area (Å²) in [5, 5.41) is 3.47. The van der Waals surface area contributed by atoms with E-state index in [1.807, 2.05) is 6.92 Å². The molecule has 1 N–H and O–H groups in total. The highest BCUT2D eigenvalue weighted by atomic mass is 16.5. The first-order valence-electron chi connectivity index (χ1n) is 7.10. The van der Waals surface area contributed by atoms with Gasteiger partial charge in [-0.05, 0) is 33.6 Å². The van der Waals surface area contributed by atoms with Crippen molar-refractivity contribution in [3.63, 3.8) is 0 Å². The second-order valence-corrected chi connectivity index (χ2v) is 5.26. The number of rotatable bonds is 6. The number of anilines is 1. The van der Waals surface area contributed by atoms with E-state index < -0.39 is 0 Å². The highest BCUT2D eigenvalue weighted by molar-refractivity contribution is 5.31. The molecule has 4 nitrogen and oxygen atoms in total. The summed E-state index contributed by atoms with van der Waals surface area (Å²) < 4.78 is 7.76. The van der Waals surface area contributed by atoms with Gasteiger partial charge in [0.05, 0.1) is 12.3 Å². The molecule has 1 unspecified atom stereocenters. The average Bonchev–Trinajstić information content (AvgIpc) is 2.95. The van der Waals surface area contributed by atoms with Crippen molar-refractivity contribution in [2.24, 2.45) is 0 Å². The van der Waals surface area contributed by atoms with E-state index >= 15 is 0 Å². The Kier molecular flexibility index (Phi) is 4.64. The normalized spacial score (nSPS) is 18.2. The second-order valence-electron chi connectivity index (χ2n) is 5.26. The molecule has 0 aromatic carbocycles. The zero-order chi connectivity index (χ0) is 13.0. The molecule has 1 heterocycles. The number of imidazole rings is 1. The zero-order valence-electron chi connectivity index (χ0n) is 11.8. The average molecular weight is 251 g/mol. The van der Waals surface area contributed by atoms with Crippen LogP contribution in [0.1, 0.15) is 51.3 Å². The number of nitrogens with zero attached hydrogens (tertiary/aromatic N) is 2. The number of ether oxygens (including phenoxy) is 1. The molecule has 18 heavy (non-hydrogen) atoms. The summed E-state index contributed by atoms with van der Waals surface area (Å²) in [5.41, 5.74) is 1.09. The molecule has 1 fully saturated rings. The maximum Gasteiger partial charge on any atom is 0.203 e. The van der Waals surface area contributed by atoms with Gasteiger partial charge in [0.1, 0.15) is 0 Å². The SMILES string of the molecule is CCOCC(C)Nc1nc(C)cn1C1CCCC1. The van der Waals surface area contributed by atoms with Gasteiger partial charge in [0.15, 0.2) is 0 Å². The Morgan fingerprint density at radius 1 is 1.50 bits per heavy atom. The molecule has 1 aromatic rings. The third-order valence-electron chi connectivity index (χ3n) is 3.52. The van der Waals surface area contributed by atoms with E-state index in [1.54, 1.807) is 0 Å². The fourth-order valence-corrected chi connectivity index (χ4v) is 2.64. The Morgan fingerprint density at radius 2 is 2.22 bits per heavy atom. The van der Waals surface area contributed by atoms with Gasteiger partial charge in [-0.2, -0.15) is 0 Å². The zero-order valence-corrected chi connectivity index (χ0v) is 11.8. The first kappa shape index (κ1) is 13.4. The van der Waals surface area contributed by atoms with Crippen LogP contribution in [0.3, 0.4) is 0 Å². The number of aromatic nitrogens is 2. The predicted molar refractivity (Wildman–Crippen MR) is 74.0 cm³/mol. The van der Waals surface area contributed by atoms with Gasteiger partial charge in [-0.15, -0.1) is 0 Å². The minimum absolute atomic E-state index is 0.298. The summed E-state index contributed by atoms with van der Waals surface area (Å²) in [4.78, 5) is 4.60. The minimum atomic E-state index is 0.298. The topological polar surface area (TPSA) is 39.1 Å². The maximum atomic E-state index is 5.44. The summed E-state index contributed by atoms with van der Waals surface area (Å²) in [6, 6.07) is 0.930. The van der Waals surface area contributed by atoms with E-state index in [-0.39, 0.29) is 0 Å². The van der Waals surface area contributed by atoms with E-state index in [9.17, 15) is 0 Å². The van der Waals surface area contributed by atoms with Crippen LogP contribution in [0.5, 0.6) is 0 Å². The lowest BCUT2D eigenvalue weighted by atomic mass is 10.2. The van der Waals surface area contributed by atoms with Crippen LogP contribution in [0.4, 0.5) is 5.95 Å². The number of hydrogen-bond donors (Lipinski definition) is 1. The minimum Gasteiger partial charge on any atom is -0.380 e. The van der Waals surface area contributed by atoms with Gasteiger partial charge in [0.25, 0.3) is 0 Å². The summed E-state index contributed by atoms with van der Waals surface area (Å²) in [6.45, 7) is 7.72. The molecule has 0 radical (unpaired) electrons. The molecular weight excluding hydrogens is 226 g/mol. The Hall–Kier alpha value is -1.03. The molecule has 0 spiro atoms. The highest BCUT2D eigenvalue weighted by Gasteiger charge is 2.20.